The molecule has 1 aromatic carbocycles. The molecule has 0 bridgehead atoms. The monoisotopic (exact) mass is 260 g/mol. The third kappa shape index (κ3) is 1.94. The molecule has 0 atom stereocenters. The van der Waals surface area contributed by atoms with Crippen molar-refractivity contribution in [2.45, 2.75) is 0 Å². The van der Waals surface area contributed by atoms with Crippen LogP contribution in [0.25, 0.3) is 21.3 Å². The van der Waals surface area contributed by atoms with E-state index >= 15 is 0 Å². The fourth-order valence-corrected chi connectivity index (χ4v) is 3.01. The summed E-state index contributed by atoms with van der Waals surface area (Å²) in [7, 11) is 0. The van der Waals surface area contributed by atoms with E-state index in [1.165, 1.54) is 11.3 Å². The highest BCUT2D eigenvalue weighted by Crippen LogP contribution is 2.34. The summed E-state index contributed by atoms with van der Waals surface area (Å²) in [6.45, 7) is 0. The van der Waals surface area contributed by atoms with E-state index in [1.807, 2.05) is 22.9 Å². The zero-order valence-corrected chi connectivity index (χ0v) is 10.3. The number of para-hydroxylation sites is 1. The van der Waals surface area contributed by atoms with Crippen LogP contribution in [0, 0.1) is 0 Å². The van der Waals surface area contributed by atoms with E-state index in [0.29, 0.717) is 0 Å². The van der Waals surface area contributed by atoms with Gasteiger partial charge >= 0.3 is 0 Å². The van der Waals surface area contributed by atoms with E-state index in [2.05, 4.69) is 9.97 Å². The van der Waals surface area contributed by atoms with E-state index < -0.39 is 0 Å². The van der Waals surface area contributed by atoms with Crippen molar-refractivity contribution in [1.82, 2.24) is 9.97 Å². The number of aromatic hydroxyl groups is 1. The number of benzene rings is 1. The van der Waals surface area contributed by atoms with Crippen molar-refractivity contribution in [2.24, 2.45) is 0 Å². The summed E-state index contributed by atoms with van der Waals surface area (Å²) in [5.74, 6) is 0.257. The molecule has 0 saturated heterocycles. The van der Waals surface area contributed by atoms with Gasteiger partial charge in [-0.25, -0.2) is 9.97 Å². The number of phenols is 1. The number of rotatable bonds is 2. The molecule has 3 aromatic rings. The van der Waals surface area contributed by atoms with Crippen LogP contribution in [0.2, 0.25) is 0 Å². The molecule has 0 aliphatic carbocycles. The molecule has 17 heavy (non-hydrogen) atoms. The SMILES string of the molecule is Oc1ccccc1-c1nc(-c2nccs2)cs1. The van der Waals surface area contributed by atoms with E-state index in [9.17, 15) is 5.11 Å². The van der Waals surface area contributed by atoms with Crippen LogP contribution < -0.4 is 0 Å². The summed E-state index contributed by atoms with van der Waals surface area (Å²) in [5.41, 5.74) is 1.63. The quantitative estimate of drug-likeness (QED) is 0.765. The number of nitrogens with zero attached hydrogens (tertiary/aromatic N) is 2. The molecule has 0 unspecified atom stereocenters. The molecule has 1 N–H and O–H groups in total. The lowest BCUT2D eigenvalue weighted by molar-refractivity contribution is 0.477. The van der Waals surface area contributed by atoms with Crippen LogP contribution in [-0.2, 0) is 0 Å². The van der Waals surface area contributed by atoms with Crippen LogP contribution in [-0.4, -0.2) is 15.1 Å². The van der Waals surface area contributed by atoms with E-state index in [4.69, 9.17) is 0 Å². The van der Waals surface area contributed by atoms with Gasteiger partial charge in [-0.3, -0.25) is 0 Å². The van der Waals surface area contributed by atoms with Crippen molar-refractivity contribution >= 4 is 22.7 Å². The van der Waals surface area contributed by atoms with Gasteiger partial charge in [-0.05, 0) is 12.1 Å². The van der Waals surface area contributed by atoms with Gasteiger partial charge in [0.05, 0.1) is 5.56 Å². The molecule has 0 amide bonds. The Bertz CT molecular complexity index is 632. The largest absolute Gasteiger partial charge is 0.507 e. The van der Waals surface area contributed by atoms with Crippen LogP contribution in [0.4, 0.5) is 0 Å². The first-order chi connectivity index (χ1) is 8.34. The molecule has 0 fully saturated rings. The lowest BCUT2D eigenvalue weighted by Gasteiger charge is -1.98. The summed E-state index contributed by atoms with van der Waals surface area (Å²) >= 11 is 3.07. The number of hydrogen-bond donors (Lipinski definition) is 1. The van der Waals surface area contributed by atoms with Crippen molar-refractivity contribution in [1.29, 1.82) is 0 Å². The second kappa shape index (κ2) is 4.27. The summed E-state index contributed by atoms with van der Waals surface area (Å²) in [4.78, 5) is 8.71. The minimum atomic E-state index is 0.257. The van der Waals surface area contributed by atoms with Crippen LogP contribution in [0.3, 0.4) is 0 Å². The van der Waals surface area contributed by atoms with Gasteiger partial charge in [-0.2, -0.15) is 0 Å². The first kappa shape index (κ1) is 10.4. The summed E-state index contributed by atoms with van der Waals surface area (Å²) in [6, 6.07) is 7.22. The number of thiazole rings is 2. The second-order valence-electron chi connectivity index (χ2n) is 3.39. The Morgan fingerprint density at radius 1 is 1.06 bits per heavy atom. The Morgan fingerprint density at radius 2 is 1.94 bits per heavy atom. The van der Waals surface area contributed by atoms with Crippen molar-refractivity contribution < 1.29 is 5.11 Å². The molecule has 3 nitrogen and oxygen atoms in total. The minimum absolute atomic E-state index is 0.257. The molecular formula is C12H8N2OS2. The van der Waals surface area contributed by atoms with E-state index in [-0.39, 0.29) is 5.75 Å². The standard InChI is InChI=1S/C12H8N2OS2/c15-10-4-2-1-3-8(10)11-14-9(7-17-11)12-13-5-6-16-12/h1-7,15H. The average Bonchev–Trinajstić information content (AvgIpc) is 3.00. The summed E-state index contributed by atoms with van der Waals surface area (Å²) in [5, 5.41) is 15.4. The fraction of sp³-hybridized carbons (Fsp3) is 0. The molecular weight excluding hydrogens is 252 g/mol. The molecule has 2 heterocycles. The molecule has 84 valence electrons. The highest BCUT2D eigenvalue weighted by Gasteiger charge is 2.10. The predicted octanol–water partition coefficient (Wildman–Crippen LogP) is 3.64. The van der Waals surface area contributed by atoms with Gasteiger partial charge in [0.1, 0.15) is 21.5 Å². The molecule has 0 saturated carbocycles. The van der Waals surface area contributed by atoms with Crippen LogP contribution in [0.15, 0.2) is 41.2 Å². The maximum atomic E-state index is 9.76. The lowest BCUT2D eigenvalue weighted by atomic mass is 10.2. The van der Waals surface area contributed by atoms with Crippen molar-refractivity contribution in [2.75, 3.05) is 0 Å². The minimum Gasteiger partial charge on any atom is -0.507 e. The third-order valence-corrected chi connectivity index (χ3v) is 3.96. The smallest absolute Gasteiger partial charge is 0.142 e. The number of aromatic nitrogens is 2. The molecule has 2 aromatic heterocycles. The van der Waals surface area contributed by atoms with Crippen molar-refractivity contribution in [3.05, 3.63) is 41.2 Å². The predicted molar refractivity (Wildman–Crippen MR) is 70.3 cm³/mol. The van der Waals surface area contributed by atoms with Gasteiger partial charge < -0.3 is 5.11 Å². The first-order valence-corrected chi connectivity index (χ1v) is 6.74. The topological polar surface area (TPSA) is 46.0 Å². The Balaban J connectivity index is 2.04. The van der Waals surface area contributed by atoms with E-state index in [1.54, 1.807) is 29.7 Å². The zero-order chi connectivity index (χ0) is 11.7. The van der Waals surface area contributed by atoms with Gasteiger partial charge in [-0.1, -0.05) is 12.1 Å². The molecule has 0 spiro atoms. The van der Waals surface area contributed by atoms with Crippen LogP contribution in [0.5, 0.6) is 5.75 Å². The second-order valence-corrected chi connectivity index (χ2v) is 5.14. The maximum absolute atomic E-state index is 9.76. The Morgan fingerprint density at radius 3 is 2.71 bits per heavy atom. The fourth-order valence-electron chi connectivity index (χ4n) is 1.50. The molecule has 3 rings (SSSR count). The lowest BCUT2D eigenvalue weighted by Crippen LogP contribution is -1.79. The van der Waals surface area contributed by atoms with Crippen molar-refractivity contribution in [3.8, 4) is 27.0 Å². The Hall–Kier alpha value is -1.72. The normalized spacial score (nSPS) is 10.6. The molecule has 0 radical (unpaired) electrons. The summed E-state index contributed by atoms with van der Waals surface area (Å²) in [6.07, 6.45) is 1.76. The van der Waals surface area contributed by atoms with Gasteiger partial charge in [0.15, 0.2) is 0 Å². The molecule has 0 aliphatic rings. The highest BCUT2D eigenvalue weighted by atomic mass is 32.1. The van der Waals surface area contributed by atoms with Gasteiger partial charge in [0.25, 0.3) is 0 Å². The van der Waals surface area contributed by atoms with E-state index in [0.717, 1.165) is 21.3 Å². The molecule has 5 heteroatoms. The summed E-state index contributed by atoms with van der Waals surface area (Å²) < 4.78 is 0. The van der Waals surface area contributed by atoms with Crippen LogP contribution in [0.1, 0.15) is 0 Å². The molecule has 0 aliphatic heterocycles. The maximum Gasteiger partial charge on any atom is 0.142 e. The average molecular weight is 260 g/mol. The van der Waals surface area contributed by atoms with Gasteiger partial charge in [-0.15, -0.1) is 22.7 Å². The van der Waals surface area contributed by atoms with Gasteiger partial charge in [0.2, 0.25) is 0 Å². The third-order valence-electron chi connectivity index (χ3n) is 2.29. The van der Waals surface area contributed by atoms with Gasteiger partial charge in [0, 0.05) is 17.0 Å². The Labute approximate surface area is 106 Å². The van der Waals surface area contributed by atoms with Crippen molar-refractivity contribution in [3.63, 3.8) is 0 Å². The zero-order valence-electron chi connectivity index (χ0n) is 8.70. The Kier molecular flexibility index (Phi) is 2.62. The number of hydrogen-bond acceptors (Lipinski definition) is 5. The number of phenolic OH excluding ortho intramolecular Hbond substituents is 1. The first-order valence-electron chi connectivity index (χ1n) is 4.98. The highest BCUT2D eigenvalue weighted by molar-refractivity contribution is 7.15. The van der Waals surface area contributed by atoms with Crippen LogP contribution >= 0.6 is 22.7 Å².